The number of carbonyl (C=O) groups excluding carboxylic acids is 1. The predicted molar refractivity (Wildman–Crippen MR) is 104 cm³/mol. The molecule has 0 saturated carbocycles. The second-order valence-corrected chi connectivity index (χ2v) is 6.09. The molecular formula is C22H16N2O4. The molecule has 1 amide bonds. The van der Waals surface area contributed by atoms with Gasteiger partial charge in [0, 0.05) is 24.2 Å². The van der Waals surface area contributed by atoms with Crippen molar-refractivity contribution in [2.24, 2.45) is 0 Å². The van der Waals surface area contributed by atoms with E-state index in [1.54, 1.807) is 42.6 Å². The monoisotopic (exact) mass is 372 g/mol. The van der Waals surface area contributed by atoms with Crippen LogP contribution in [0.5, 0.6) is 11.6 Å². The Balaban J connectivity index is 1.47. The fraction of sp³-hybridized carbons (Fsp3) is 0.0455. The maximum Gasteiger partial charge on any atom is 0.349 e. The molecule has 6 nitrogen and oxygen atoms in total. The van der Waals surface area contributed by atoms with Crippen LogP contribution in [0.2, 0.25) is 0 Å². The summed E-state index contributed by atoms with van der Waals surface area (Å²) >= 11 is 0. The second kappa shape index (κ2) is 7.75. The Bertz CT molecular complexity index is 1190. The van der Waals surface area contributed by atoms with E-state index in [0.717, 1.165) is 5.56 Å². The molecule has 4 aromatic rings. The van der Waals surface area contributed by atoms with Gasteiger partial charge in [0.15, 0.2) is 0 Å². The highest BCUT2D eigenvalue weighted by molar-refractivity contribution is 5.96. The minimum atomic E-state index is -0.663. The number of hydrogen-bond donors (Lipinski definition) is 1. The predicted octanol–water partition coefficient (Wildman–Crippen LogP) is 3.91. The summed E-state index contributed by atoms with van der Waals surface area (Å²) in [6.07, 6.45) is 1.65. The number of nitrogens with one attached hydrogen (secondary N) is 1. The van der Waals surface area contributed by atoms with Crippen LogP contribution in [0.1, 0.15) is 15.9 Å². The molecule has 28 heavy (non-hydrogen) atoms. The first-order chi connectivity index (χ1) is 13.7. The van der Waals surface area contributed by atoms with Crippen molar-refractivity contribution < 1.29 is 13.9 Å². The van der Waals surface area contributed by atoms with Crippen molar-refractivity contribution in [1.82, 2.24) is 10.3 Å². The van der Waals surface area contributed by atoms with E-state index >= 15 is 0 Å². The summed E-state index contributed by atoms with van der Waals surface area (Å²) in [6, 6.07) is 21.3. The quantitative estimate of drug-likeness (QED) is 0.537. The van der Waals surface area contributed by atoms with Crippen LogP contribution >= 0.6 is 0 Å². The Labute approximate surface area is 160 Å². The van der Waals surface area contributed by atoms with Crippen LogP contribution in [0.4, 0.5) is 0 Å². The van der Waals surface area contributed by atoms with Gasteiger partial charge in [0.05, 0.1) is 0 Å². The Morgan fingerprint density at radius 2 is 1.86 bits per heavy atom. The maximum absolute atomic E-state index is 12.4. The van der Waals surface area contributed by atoms with Crippen molar-refractivity contribution in [2.45, 2.75) is 6.54 Å². The van der Waals surface area contributed by atoms with Crippen LogP contribution in [-0.4, -0.2) is 10.9 Å². The molecular weight excluding hydrogens is 356 g/mol. The molecule has 2 aromatic carbocycles. The number of carbonyl (C=O) groups is 1. The van der Waals surface area contributed by atoms with Crippen molar-refractivity contribution in [2.75, 3.05) is 0 Å². The lowest BCUT2D eigenvalue weighted by atomic mass is 10.1. The number of benzene rings is 2. The molecule has 0 fully saturated rings. The fourth-order valence-electron chi connectivity index (χ4n) is 2.74. The van der Waals surface area contributed by atoms with Gasteiger partial charge in [-0.1, -0.05) is 36.4 Å². The van der Waals surface area contributed by atoms with Gasteiger partial charge in [0.2, 0.25) is 5.88 Å². The van der Waals surface area contributed by atoms with E-state index in [9.17, 15) is 9.59 Å². The lowest BCUT2D eigenvalue weighted by Crippen LogP contribution is -2.27. The Kier molecular flexibility index (Phi) is 4.84. The first kappa shape index (κ1) is 17.5. The largest absolute Gasteiger partial charge is 0.439 e. The summed E-state index contributed by atoms with van der Waals surface area (Å²) in [5, 5.41) is 3.43. The normalized spacial score (nSPS) is 10.6. The highest BCUT2D eigenvalue weighted by atomic mass is 16.5. The summed E-state index contributed by atoms with van der Waals surface area (Å²) < 4.78 is 10.9. The van der Waals surface area contributed by atoms with Crippen LogP contribution in [0, 0.1) is 0 Å². The Morgan fingerprint density at radius 1 is 1.00 bits per heavy atom. The fourth-order valence-corrected chi connectivity index (χ4v) is 2.74. The van der Waals surface area contributed by atoms with Gasteiger partial charge in [-0.05, 0) is 35.9 Å². The van der Waals surface area contributed by atoms with Gasteiger partial charge in [-0.15, -0.1) is 0 Å². The molecule has 138 valence electrons. The summed E-state index contributed by atoms with van der Waals surface area (Å²) in [5.74, 6) is 0.601. The van der Waals surface area contributed by atoms with E-state index in [1.165, 1.54) is 6.07 Å². The highest BCUT2D eigenvalue weighted by Gasteiger charge is 2.13. The Morgan fingerprint density at radius 3 is 2.71 bits per heavy atom. The molecule has 2 heterocycles. The average Bonchev–Trinajstić information content (AvgIpc) is 2.72. The lowest BCUT2D eigenvalue weighted by molar-refractivity contribution is 0.0947. The van der Waals surface area contributed by atoms with E-state index in [2.05, 4.69) is 10.3 Å². The van der Waals surface area contributed by atoms with Crippen molar-refractivity contribution >= 4 is 16.9 Å². The third-order valence-electron chi connectivity index (χ3n) is 4.10. The minimum Gasteiger partial charge on any atom is -0.439 e. The smallest absolute Gasteiger partial charge is 0.349 e. The third kappa shape index (κ3) is 3.91. The summed E-state index contributed by atoms with van der Waals surface area (Å²) in [4.78, 5) is 28.6. The molecule has 4 rings (SSSR count). The van der Waals surface area contributed by atoms with Crippen LogP contribution in [-0.2, 0) is 6.54 Å². The molecule has 0 aliphatic carbocycles. The van der Waals surface area contributed by atoms with Gasteiger partial charge in [-0.2, -0.15) is 0 Å². The average molecular weight is 372 g/mol. The molecule has 0 radical (unpaired) electrons. The van der Waals surface area contributed by atoms with E-state index in [1.807, 2.05) is 30.3 Å². The van der Waals surface area contributed by atoms with Gasteiger partial charge in [-0.3, -0.25) is 4.79 Å². The van der Waals surface area contributed by atoms with E-state index in [0.29, 0.717) is 22.6 Å². The van der Waals surface area contributed by atoms with Crippen molar-refractivity contribution in [3.8, 4) is 11.6 Å². The van der Waals surface area contributed by atoms with Gasteiger partial charge in [0.25, 0.3) is 5.91 Å². The molecule has 0 aliphatic heterocycles. The minimum absolute atomic E-state index is 0.0282. The molecule has 0 atom stereocenters. The number of fused-ring (bicyclic) bond motifs is 1. The van der Waals surface area contributed by atoms with Crippen LogP contribution in [0.25, 0.3) is 11.0 Å². The zero-order valence-electron chi connectivity index (χ0n) is 14.8. The maximum atomic E-state index is 12.4. The number of hydrogen-bond acceptors (Lipinski definition) is 5. The number of rotatable bonds is 5. The van der Waals surface area contributed by atoms with E-state index < -0.39 is 11.5 Å². The van der Waals surface area contributed by atoms with E-state index in [4.69, 9.17) is 9.15 Å². The molecule has 2 aromatic heterocycles. The summed E-state index contributed by atoms with van der Waals surface area (Å²) in [6.45, 7) is 0.241. The molecule has 6 heteroatoms. The van der Waals surface area contributed by atoms with Gasteiger partial charge < -0.3 is 14.5 Å². The third-order valence-corrected chi connectivity index (χ3v) is 4.10. The lowest BCUT2D eigenvalue weighted by Gasteiger charge is -2.08. The summed E-state index contributed by atoms with van der Waals surface area (Å²) in [5.41, 5.74) is 0.582. The topological polar surface area (TPSA) is 81.4 Å². The van der Waals surface area contributed by atoms with Crippen molar-refractivity contribution in [1.29, 1.82) is 0 Å². The SMILES string of the molecule is O=C(NCc1cccc(Oc2ccccn2)c1)c1cc2ccccc2oc1=O. The van der Waals surface area contributed by atoms with Gasteiger partial charge >= 0.3 is 5.63 Å². The van der Waals surface area contributed by atoms with Crippen LogP contribution in [0.3, 0.4) is 0 Å². The number of pyridine rings is 1. The zero-order chi connectivity index (χ0) is 19.3. The number of nitrogens with zero attached hydrogens (tertiary/aromatic N) is 1. The van der Waals surface area contributed by atoms with E-state index in [-0.39, 0.29) is 12.1 Å². The molecule has 0 bridgehead atoms. The second-order valence-electron chi connectivity index (χ2n) is 6.09. The molecule has 0 saturated heterocycles. The molecule has 1 N–H and O–H groups in total. The number of aromatic nitrogens is 1. The Hall–Kier alpha value is -3.93. The molecule has 0 aliphatic rings. The van der Waals surface area contributed by atoms with Gasteiger partial charge in [-0.25, -0.2) is 9.78 Å². The number of ether oxygens (including phenoxy) is 1. The van der Waals surface area contributed by atoms with Gasteiger partial charge in [0.1, 0.15) is 16.9 Å². The molecule has 0 unspecified atom stereocenters. The number of para-hydroxylation sites is 1. The standard InChI is InChI=1S/C22H16N2O4/c25-21(18-13-16-7-1-2-9-19(16)28-22(18)26)24-14-15-6-5-8-17(12-15)27-20-10-3-4-11-23-20/h1-13H,14H2,(H,24,25). The van der Waals surface area contributed by atoms with Crippen molar-refractivity contribution in [3.63, 3.8) is 0 Å². The van der Waals surface area contributed by atoms with Crippen LogP contribution in [0.15, 0.2) is 88.2 Å². The first-order valence-electron chi connectivity index (χ1n) is 8.68. The van der Waals surface area contributed by atoms with Crippen LogP contribution < -0.4 is 15.7 Å². The van der Waals surface area contributed by atoms with Crippen molar-refractivity contribution in [3.05, 3.63) is 101 Å². The zero-order valence-corrected chi connectivity index (χ0v) is 14.8. The first-order valence-corrected chi connectivity index (χ1v) is 8.68. The molecule has 0 spiro atoms. The number of amides is 1. The highest BCUT2D eigenvalue weighted by Crippen LogP contribution is 2.20. The summed E-state index contributed by atoms with van der Waals surface area (Å²) in [7, 11) is 0.